The Balaban J connectivity index is 1.41. The summed E-state index contributed by atoms with van der Waals surface area (Å²) in [6, 6.07) is 13.1. The Kier molecular flexibility index (Phi) is 5.89. The second-order valence-corrected chi connectivity index (χ2v) is 9.03. The van der Waals surface area contributed by atoms with Crippen LogP contribution >= 0.6 is 11.3 Å². The van der Waals surface area contributed by atoms with Crippen molar-refractivity contribution in [2.75, 3.05) is 38.5 Å². The predicted molar refractivity (Wildman–Crippen MR) is 129 cm³/mol. The van der Waals surface area contributed by atoms with Crippen molar-refractivity contribution >= 4 is 34.5 Å². The zero-order valence-corrected chi connectivity index (χ0v) is 19.1. The smallest absolute Gasteiger partial charge is 0.321 e. The Labute approximate surface area is 195 Å². The summed E-state index contributed by atoms with van der Waals surface area (Å²) in [4.78, 5) is 34.8. The van der Waals surface area contributed by atoms with E-state index in [0.717, 1.165) is 37.3 Å². The summed E-state index contributed by atoms with van der Waals surface area (Å²) in [5.41, 5.74) is 3.35. The highest BCUT2D eigenvalue weighted by atomic mass is 32.1. The van der Waals surface area contributed by atoms with Crippen molar-refractivity contribution < 1.29 is 9.59 Å². The fourth-order valence-corrected chi connectivity index (χ4v) is 4.70. The predicted octanol–water partition coefficient (Wildman–Crippen LogP) is 3.86. The first-order valence-electron chi connectivity index (χ1n) is 10.9. The molecule has 0 saturated carbocycles. The molecule has 1 saturated heterocycles. The van der Waals surface area contributed by atoms with Gasteiger partial charge in [0.25, 0.3) is 0 Å². The topological polar surface area (TPSA) is 82.8 Å². The molecule has 1 aliphatic heterocycles. The molecule has 4 heterocycles. The van der Waals surface area contributed by atoms with Gasteiger partial charge in [0.15, 0.2) is 5.65 Å². The number of hydrogen-bond donors (Lipinski definition) is 1. The lowest BCUT2D eigenvalue weighted by Crippen LogP contribution is -2.37. The maximum atomic E-state index is 12.9. The van der Waals surface area contributed by atoms with Gasteiger partial charge < -0.3 is 15.1 Å². The number of benzene rings is 1. The van der Waals surface area contributed by atoms with Crippen molar-refractivity contribution in [3.63, 3.8) is 0 Å². The van der Waals surface area contributed by atoms with E-state index in [-0.39, 0.29) is 11.8 Å². The van der Waals surface area contributed by atoms with Crippen LogP contribution in [0.3, 0.4) is 0 Å². The number of nitrogens with zero attached hydrogens (tertiary/aromatic N) is 5. The Hall–Kier alpha value is -3.56. The van der Waals surface area contributed by atoms with E-state index in [2.05, 4.69) is 27.3 Å². The number of hydrogen-bond acceptors (Lipinski definition) is 6. The number of amides is 2. The van der Waals surface area contributed by atoms with Crippen molar-refractivity contribution in [2.24, 2.45) is 0 Å². The van der Waals surface area contributed by atoms with E-state index in [1.165, 1.54) is 11.3 Å². The summed E-state index contributed by atoms with van der Waals surface area (Å²) >= 11 is 1.40. The van der Waals surface area contributed by atoms with E-state index >= 15 is 0 Å². The van der Waals surface area contributed by atoms with Gasteiger partial charge in [-0.1, -0.05) is 18.2 Å². The van der Waals surface area contributed by atoms with Crippen LogP contribution in [0.4, 0.5) is 10.5 Å². The van der Waals surface area contributed by atoms with Crippen LogP contribution in [0.5, 0.6) is 0 Å². The Morgan fingerprint density at radius 2 is 1.97 bits per heavy atom. The molecule has 2 amide bonds. The molecule has 8 nitrogen and oxygen atoms in total. The number of ketones is 1. The standard InChI is InChI=1S/C24H24N6O2S/c1-28-10-4-11-29(13-12-28)24(32)27-18-6-2-5-17(15-18)20-8-9-25-23-19(16-26-30(20)23)22(31)21-7-3-14-33-21/h2-3,5-9,14-16H,4,10-13H2,1H3,(H,27,32). The molecule has 1 aromatic carbocycles. The molecule has 5 rings (SSSR count). The Morgan fingerprint density at radius 1 is 1.06 bits per heavy atom. The molecule has 1 N–H and O–H groups in total. The van der Waals surface area contributed by atoms with Gasteiger partial charge in [0, 0.05) is 37.1 Å². The van der Waals surface area contributed by atoms with Gasteiger partial charge in [-0.25, -0.2) is 14.3 Å². The number of thiophene rings is 1. The highest BCUT2D eigenvalue weighted by molar-refractivity contribution is 7.12. The second-order valence-electron chi connectivity index (χ2n) is 8.08. The zero-order valence-electron chi connectivity index (χ0n) is 18.3. The van der Waals surface area contributed by atoms with Crippen LogP contribution in [0.1, 0.15) is 21.7 Å². The molecule has 9 heteroatoms. The molecule has 4 aromatic rings. The fraction of sp³-hybridized carbons (Fsp3) is 0.250. The van der Waals surface area contributed by atoms with Crippen molar-refractivity contribution in [1.82, 2.24) is 24.4 Å². The molecule has 0 unspecified atom stereocenters. The van der Waals surface area contributed by atoms with Crippen molar-refractivity contribution in [1.29, 1.82) is 0 Å². The number of urea groups is 1. The molecule has 0 radical (unpaired) electrons. The van der Waals surface area contributed by atoms with E-state index in [0.29, 0.717) is 28.3 Å². The Bertz CT molecular complexity index is 1300. The summed E-state index contributed by atoms with van der Waals surface area (Å²) in [6.07, 6.45) is 4.21. The minimum absolute atomic E-state index is 0.0891. The van der Waals surface area contributed by atoms with E-state index in [1.54, 1.807) is 23.0 Å². The molecule has 0 bridgehead atoms. The number of carbonyl (C=O) groups is 2. The minimum atomic E-state index is -0.0924. The molecule has 0 atom stereocenters. The van der Waals surface area contributed by atoms with Gasteiger partial charge in [-0.15, -0.1) is 11.3 Å². The van der Waals surface area contributed by atoms with Crippen LogP contribution in [-0.2, 0) is 0 Å². The lowest BCUT2D eigenvalue weighted by atomic mass is 10.1. The summed E-state index contributed by atoms with van der Waals surface area (Å²) in [6.45, 7) is 3.32. The number of likely N-dealkylation sites (N-methyl/N-ethyl adjacent to an activating group) is 1. The number of aromatic nitrogens is 3. The maximum Gasteiger partial charge on any atom is 0.321 e. The summed E-state index contributed by atoms with van der Waals surface area (Å²) in [7, 11) is 2.08. The van der Waals surface area contributed by atoms with Gasteiger partial charge >= 0.3 is 6.03 Å². The molecular formula is C24H24N6O2S. The third-order valence-electron chi connectivity index (χ3n) is 5.81. The van der Waals surface area contributed by atoms with E-state index in [1.807, 2.05) is 46.7 Å². The van der Waals surface area contributed by atoms with E-state index in [9.17, 15) is 9.59 Å². The lowest BCUT2D eigenvalue weighted by Gasteiger charge is -2.21. The molecule has 33 heavy (non-hydrogen) atoms. The highest BCUT2D eigenvalue weighted by Gasteiger charge is 2.20. The third kappa shape index (κ3) is 4.37. The van der Waals surface area contributed by atoms with E-state index < -0.39 is 0 Å². The maximum absolute atomic E-state index is 12.9. The third-order valence-corrected chi connectivity index (χ3v) is 6.68. The highest BCUT2D eigenvalue weighted by Crippen LogP contribution is 2.25. The molecule has 0 aliphatic carbocycles. The van der Waals surface area contributed by atoms with Crippen molar-refractivity contribution in [2.45, 2.75) is 6.42 Å². The summed E-state index contributed by atoms with van der Waals surface area (Å²) in [5.74, 6) is -0.0891. The van der Waals surface area contributed by atoms with Crippen LogP contribution in [0.25, 0.3) is 16.9 Å². The van der Waals surface area contributed by atoms with Gasteiger partial charge in [0.05, 0.1) is 22.3 Å². The van der Waals surface area contributed by atoms with Crippen LogP contribution in [0.15, 0.2) is 60.2 Å². The van der Waals surface area contributed by atoms with Crippen LogP contribution in [0.2, 0.25) is 0 Å². The van der Waals surface area contributed by atoms with Gasteiger partial charge in [0.1, 0.15) is 0 Å². The average Bonchev–Trinajstić information content (AvgIpc) is 3.46. The first kappa shape index (κ1) is 21.3. The first-order chi connectivity index (χ1) is 16.1. The second kappa shape index (κ2) is 9.13. The van der Waals surface area contributed by atoms with Gasteiger partial charge in [-0.2, -0.15) is 5.10 Å². The van der Waals surface area contributed by atoms with Crippen molar-refractivity contribution in [3.05, 3.63) is 70.7 Å². The number of rotatable bonds is 4. The van der Waals surface area contributed by atoms with Gasteiger partial charge in [0.2, 0.25) is 5.78 Å². The van der Waals surface area contributed by atoms with Gasteiger partial charge in [-0.3, -0.25) is 4.79 Å². The number of anilines is 1. The number of fused-ring (bicyclic) bond motifs is 1. The molecule has 3 aromatic heterocycles. The molecule has 1 aliphatic rings. The van der Waals surface area contributed by atoms with Crippen LogP contribution in [0, 0.1) is 0 Å². The quantitative estimate of drug-likeness (QED) is 0.468. The molecular weight excluding hydrogens is 436 g/mol. The van der Waals surface area contributed by atoms with Gasteiger partial charge in [-0.05, 0) is 49.7 Å². The molecule has 0 spiro atoms. The number of carbonyl (C=O) groups excluding carboxylic acids is 2. The average molecular weight is 461 g/mol. The summed E-state index contributed by atoms with van der Waals surface area (Å²) in [5, 5.41) is 9.35. The lowest BCUT2D eigenvalue weighted by molar-refractivity contribution is 0.104. The SMILES string of the molecule is CN1CCCN(C(=O)Nc2cccc(-c3ccnc4c(C(=O)c5cccs5)cnn34)c2)CC1. The number of nitrogens with one attached hydrogen (secondary N) is 1. The Morgan fingerprint density at radius 3 is 2.82 bits per heavy atom. The largest absolute Gasteiger partial charge is 0.323 e. The van der Waals surface area contributed by atoms with Crippen LogP contribution in [-0.4, -0.2) is 69.4 Å². The normalized spacial score (nSPS) is 14.9. The first-order valence-corrected chi connectivity index (χ1v) is 11.7. The van der Waals surface area contributed by atoms with Crippen molar-refractivity contribution in [3.8, 4) is 11.3 Å². The van der Waals surface area contributed by atoms with E-state index in [4.69, 9.17) is 0 Å². The van der Waals surface area contributed by atoms with Crippen LogP contribution < -0.4 is 5.32 Å². The minimum Gasteiger partial charge on any atom is -0.323 e. The zero-order chi connectivity index (χ0) is 22.8. The molecule has 1 fully saturated rings. The monoisotopic (exact) mass is 460 g/mol. The fourth-order valence-electron chi connectivity index (χ4n) is 4.02. The summed E-state index contributed by atoms with van der Waals surface area (Å²) < 4.78 is 1.67. The molecule has 168 valence electrons.